The molecular weight excluding hydrogens is 546 g/mol. The molecule has 2 aliphatic heterocycles. The predicted molar refractivity (Wildman–Crippen MR) is 159 cm³/mol. The van der Waals surface area contributed by atoms with Crippen molar-refractivity contribution in [2.45, 2.75) is 13.3 Å². The number of thioether (sulfide) groups is 1. The number of esters is 1. The Balaban J connectivity index is 1.33. The van der Waals surface area contributed by atoms with E-state index in [9.17, 15) is 19.2 Å². The van der Waals surface area contributed by atoms with Crippen molar-refractivity contribution < 1.29 is 23.9 Å². The molecule has 8 nitrogen and oxygen atoms in total. The molecule has 1 saturated heterocycles. The first-order valence-corrected chi connectivity index (χ1v) is 13.9. The lowest BCUT2D eigenvalue weighted by atomic mass is 10.1. The molecule has 202 valence electrons. The molecule has 0 unspecified atom stereocenters. The van der Waals surface area contributed by atoms with Gasteiger partial charge in [0.25, 0.3) is 11.8 Å². The molecule has 0 radical (unpaired) electrons. The molecule has 0 aromatic heterocycles. The van der Waals surface area contributed by atoms with Gasteiger partial charge in [0, 0.05) is 17.8 Å². The molecule has 0 aliphatic carbocycles. The van der Waals surface area contributed by atoms with Gasteiger partial charge in [0.05, 0.1) is 28.3 Å². The van der Waals surface area contributed by atoms with Gasteiger partial charge in [0.15, 0.2) is 0 Å². The number of hydrogen-bond acceptors (Lipinski definition) is 7. The summed E-state index contributed by atoms with van der Waals surface area (Å²) in [4.78, 5) is 55.1. The monoisotopic (exact) mass is 571 g/mol. The van der Waals surface area contributed by atoms with Gasteiger partial charge in [-0.2, -0.15) is 0 Å². The Labute approximate surface area is 241 Å². The summed E-state index contributed by atoms with van der Waals surface area (Å²) in [6.07, 6.45) is 0.632. The molecule has 0 atom stereocenters. The lowest BCUT2D eigenvalue weighted by molar-refractivity contribution is -0.122. The summed E-state index contributed by atoms with van der Waals surface area (Å²) < 4.78 is 5.38. The summed E-state index contributed by atoms with van der Waals surface area (Å²) in [5.74, 6) is -1.61. The third-order valence-corrected chi connectivity index (χ3v) is 7.90. The van der Waals surface area contributed by atoms with Crippen molar-refractivity contribution in [1.82, 2.24) is 4.90 Å². The Kier molecular flexibility index (Phi) is 8.09. The molecule has 1 fully saturated rings. The molecule has 2 heterocycles. The van der Waals surface area contributed by atoms with Crippen LogP contribution in [-0.2, 0) is 25.5 Å². The molecule has 40 heavy (non-hydrogen) atoms. The van der Waals surface area contributed by atoms with Crippen LogP contribution in [0.15, 0.2) is 83.8 Å². The number of nitrogens with zero attached hydrogens (tertiary/aromatic N) is 2. The van der Waals surface area contributed by atoms with Crippen LogP contribution >= 0.6 is 24.0 Å². The maximum Gasteiger partial charge on any atom is 0.338 e. The fraction of sp³-hybridized carbons (Fsp3) is 0.167. The average Bonchev–Trinajstić information content (AvgIpc) is 3.39. The number of anilines is 2. The van der Waals surface area contributed by atoms with Crippen molar-refractivity contribution in [2.75, 3.05) is 29.9 Å². The Bertz CT molecular complexity index is 1540. The fourth-order valence-electron chi connectivity index (χ4n) is 4.53. The zero-order valence-electron chi connectivity index (χ0n) is 21.6. The van der Waals surface area contributed by atoms with Gasteiger partial charge in [-0.05, 0) is 49.2 Å². The van der Waals surface area contributed by atoms with Gasteiger partial charge in [0.1, 0.15) is 10.9 Å². The quantitative estimate of drug-likeness (QED) is 0.239. The summed E-state index contributed by atoms with van der Waals surface area (Å²) in [6, 6.07) is 23.2. The van der Waals surface area contributed by atoms with Crippen molar-refractivity contribution in [3.63, 3.8) is 0 Å². The second-order valence-corrected chi connectivity index (χ2v) is 10.7. The van der Waals surface area contributed by atoms with Crippen LogP contribution in [0.4, 0.5) is 11.4 Å². The summed E-state index contributed by atoms with van der Waals surface area (Å²) in [6.45, 7) is 2.14. The molecule has 5 rings (SSSR count). The third-order valence-electron chi connectivity index (χ3n) is 6.45. The van der Waals surface area contributed by atoms with Crippen LogP contribution in [0.25, 0.3) is 5.57 Å². The van der Waals surface area contributed by atoms with Gasteiger partial charge in [0.2, 0.25) is 5.91 Å². The zero-order valence-corrected chi connectivity index (χ0v) is 23.2. The Hall–Kier alpha value is -4.28. The molecule has 0 bridgehead atoms. The highest BCUT2D eigenvalue weighted by Gasteiger charge is 2.42. The molecule has 0 spiro atoms. The van der Waals surface area contributed by atoms with Crippen molar-refractivity contribution in [2.24, 2.45) is 0 Å². The predicted octanol–water partition coefficient (Wildman–Crippen LogP) is 4.66. The van der Waals surface area contributed by atoms with Crippen molar-refractivity contribution in [1.29, 1.82) is 0 Å². The minimum Gasteiger partial charge on any atom is -0.462 e. The number of amides is 3. The topological polar surface area (TPSA) is 96.0 Å². The van der Waals surface area contributed by atoms with E-state index >= 15 is 0 Å². The van der Waals surface area contributed by atoms with Crippen LogP contribution < -0.4 is 10.2 Å². The number of rotatable bonds is 8. The van der Waals surface area contributed by atoms with Crippen molar-refractivity contribution in [3.8, 4) is 0 Å². The van der Waals surface area contributed by atoms with E-state index < -0.39 is 17.8 Å². The van der Waals surface area contributed by atoms with Crippen molar-refractivity contribution in [3.05, 3.63) is 100 Å². The molecule has 2 aliphatic rings. The maximum atomic E-state index is 13.7. The number of fused-ring (bicyclic) bond motifs is 1. The smallest absolute Gasteiger partial charge is 0.338 e. The molecule has 3 aromatic carbocycles. The molecule has 3 amide bonds. The number of hydrogen-bond donors (Lipinski definition) is 1. The van der Waals surface area contributed by atoms with E-state index in [0.29, 0.717) is 39.8 Å². The Morgan fingerprint density at radius 3 is 2.33 bits per heavy atom. The number of carbonyl (C=O) groups is 4. The zero-order chi connectivity index (χ0) is 28.2. The lowest BCUT2D eigenvalue weighted by Gasteiger charge is -2.17. The van der Waals surface area contributed by atoms with Gasteiger partial charge in [-0.15, -0.1) is 0 Å². The number of ether oxygens (including phenoxy) is 1. The van der Waals surface area contributed by atoms with Crippen LogP contribution in [0.2, 0.25) is 0 Å². The van der Waals surface area contributed by atoms with Crippen LogP contribution in [0.3, 0.4) is 0 Å². The first-order valence-electron chi connectivity index (χ1n) is 12.7. The van der Waals surface area contributed by atoms with E-state index in [-0.39, 0.29) is 29.5 Å². The minimum absolute atomic E-state index is 0.252. The van der Waals surface area contributed by atoms with E-state index in [1.54, 1.807) is 55.5 Å². The lowest BCUT2D eigenvalue weighted by Crippen LogP contribution is -2.35. The summed E-state index contributed by atoms with van der Waals surface area (Å²) in [7, 11) is 0. The summed E-state index contributed by atoms with van der Waals surface area (Å²) in [5, 5.41) is 2.76. The Morgan fingerprint density at radius 2 is 1.60 bits per heavy atom. The number of para-hydroxylation sites is 1. The van der Waals surface area contributed by atoms with Crippen LogP contribution in [0.1, 0.15) is 28.4 Å². The number of benzene rings is 3. The number of thiocarbonyl (C=S) groups is 1. The molecule has 1 N–H and O–H groups in total. The van der Waals surface area contributed by atoms with Gasteiger partial charge in [-0.3, -0.25) is 24.2 Å². The number of carbonyl (C=O) groups excluding carboxylic acids is 4. The van der Waals surface area contributed by atoms with Gasteiger partial charge >= 0.3 is 5.97 Å². The molecule has 3 aromatic rings. The fourth-order valence-corrected chi connectivity index (χ4v) is 5.91. The number of nitrogens with one attached hydrogen (secondary N) is 1. The van der Waals surface area contributed by atoms with E-state index in [1.807, 2.05) is 30.3 Å². The largest absolute Gasteiger partial charge is 0.462 e. The van der Waals surface area contributed by atoms with Crippen LogP contribution in [0.5, 0.6) is 0 Å². The maximum absolute atomic E-state index is 13.7. The van der Waals surface area contributed by atoms with E-state index in [1.165, 1.54) is 9.80 Å². The third kappa shape index (κ3) is 5.54. The van der Waals surface area contributed by atoms with Crippen LogP contribution in [-0.4, -0.2) is 52.6 Å². The Morgan fingerprint density at radius 1 is 0.900 bits per heavy atom. The SMILES string of the molecule is CCOC(=O)c1ccc(NC(=O)CN2C(=O)/C(=C3\SC(=S)N(CCc4ccccc4)C3=O)c3ccccc32)cc1. The molecule has 10 heteroatoms. The van der Waals surface area contributed by atoms with Crippen molar-refractivity contribution >= 4 is 68.9 Å². The highest BCUT2D eigenvalue weighted by molar-refractivity contribution is 8.26. The van der Waals surface area contributed by atoms with Gasteiger partial charge < -0.3 is 10.1 Å². The van der Waals surface area contributed by atoms with E-state index in [2.05, 4.69) is 5.32 Å². The average molecular weight is 572 g/mol. The second-order valence-electron chi connectivity index (χ2n) is 9.02. The van der Waals surface area contributed by atoms with Crippen LogP contribution in [0, 0.1) is 0 Å². The minimum atomic E-state index is -0.447. The second kappa shape index (κ2) is 11.8. The molecular formula is C30H25N3O5S2. The normalized spacial score (nSPS) is 16.4. The highest BCUT2D eigenvalue weighted by atomic mass is 32.2. The summed E-state index contributed by atoms with van der Waals surface area (Å²) >= 11 is 6.62. The van der Waals surface area contributed by atoms with E-state index in [0.717, 1.165) is 17.3 Å². The van der Waals surface area contributed by atoms with Gasteiger partial charge in [-0.1, -0.05) is 72.5 Å². The first-order chi connectivity index (χ1) is 19.4. The summed E-state index contributed by atoms with van der Waals surface area (Å²) in [5.41, 5.74) is 3.31. The highest BCUT2D eigenvalue weighted by Crippen LogP contribution is 2.44. The van der Waals surface area contributed by atoms with E-state index in [4.69, 9.17) is 17.0 Å². The standard InChI is InChI=1S/C30H25N3O5S2/c1-2-38-29(37)20-12-14-21(15-13-20)31-24(34)18-33-23-11-7-6-10-22(23)25(27(33)35)26-28(36)32(30(39)40-26)17-16-19-8-4-3-5-9-19/h3-15H,2,16-18H2,1H3,(H,31,34)/b26-25-. The molecule has 0 saturated carbocycles. The van der Waals surface area contributed by atoms with Gasteiger partial charge in [-0.25, -0.2) is 4.79 Å². The first kappa shape index (κ1) is 27.3.